The van der Waals surface area contributed by atoms with E-state index in [2.05, 4.69) is 18.0 Å². The molecule has 0 fully saturated rings. The molecule has 2 aromatic rings. The number of nitrogens with two attached hydrogens (primary N) is 1. The Morgan fingerprint density at radius 2 is 1.95 bits per heavy atom. The molecule has 0 aliphatic heterocycles. The van der Waals surface area contributed by atoms with Crippen LogP contribution in [-0.4, -0.2) is 4.98 Å². The topological polar surface area (TPSA) is 48.1 Å². The Hall–Kier alpha value is -1.87. The number of pyridine rings is 1. The van der Waals surface area contributed by atoms with Gasteiger partial charge in [-0.1, -0.05) is 37.3 Å². The zero-order valence-corrected chi connectivity index (χ0v) is 11.5. The Morgan fingerprint density at radius 1 is 1.21 bits per heavy atom. The van der Waals surface area contributed by atoms with Gasteiger partial charge in [-0.15, -0.1) is 0 Å². The summed E-state index contributed by atoms with van der Waals surface area (Å²) in [6.45, 7) is 5.08. The average Bonchev–Trinajstić information content (AvgIpc) is 2.45. The van der Waals surface area contributed by atoms with Crippen LogP contribution in [0.5, 0.6) is 5.88 Å². The molecule has 100 valence electrons. The molecule has 0 saturated heterocycles. The van der Waals surface area contributed by atoms with Gasteiger partial charge in [0.2, 0.25) is 5.88 Å². The lowest BCUT2D eigenvalue weighted by Gasteiger charge is -2.14. The molecule has 0 aliphatic carbocycles. The minimum atomic E-state index is 0.459. The number of nitrogens with zero attached hydrogens (tertiary/aromatic N) is 1. The summed E-state index contributed by atoms with van der Waals surface area (Å²) in [7, 11) is 0. The number of ether oxygens (including phenoxy) is 1. The number of aryl methyl sites for hydroxylation is 2. The Morgan fingerprint density at radius 3 is 2.58 bits per heavy atom. The van der Waals surface area contributed by atoms with E-state index in [1.807, 2.05) is 37.3 Å². The van der Waals surface area contributed by atoms with E-state index in [0.29, 0.717) is 19.0 Å². The zero-order chi connectivity index (χ0) is 13.7. The van der Waals surface area contributed by atoms with E-state index in [9.17, 15) is 0 Å². The van der Waals surface area contributed by atoms with Crippen molar-refractivity contribution in [2.24, 2.45) is 5.73 Å². The Labute approximate surface area is 114 Å². The number of aromatic nitrogens is 1. The van der Waals surface area contributed by atoms with E-state index in [0.717, 1.165) is 23.2 Å². The summed E-state index contributed by atoms with van der Waals surface area (Å²) in [4.78, 5) is 4.47. The van der Waals surface area contributed by atoms with Crippen molar-refractivity contribution in [3.8, 4) is 5.88 Å². The molecule has 3 heteroatoms. The van der Waals surface area contributed by atoms with E-state index in [4.69, 9.17) is 10.5 Å². The van der Waals surface area contributed by atoms with E-state index in [1.165, 1.54) is 5.56 Å². The molecule has 0 atom stereocenters. The number of rotatable bonds is 5. The van der Waals surface area contributed by atoms with Crippen LogP contribution in [0.1, 0.15) is 29.3 Å². The first-order chi connectivity index (χ1) is 9.24. The predicted molar refractivity (Wildman–Crippen MR) is 77.0 cm³/mol. The third-order valence-corrected chi connectivity index (χ3v) is 3.11. The smallest absolute Gasteiger partial charge is 0.218 e. The maximum Gasteiger partial charge on any atom is 0.218 e. The van der Waals surface area contributed by atoms with Crippen LogP contribution in [0.15, 0.2) is 36.4 Å². The van der Waals surface area contributed by atoms with Crippen LogP contribution in [0.25, 0.3) is 0 Å². The molecule has 0 radical (unpaired) electrons. The molecule has 19 heavy (non-hydrogen) atoms. The lowest BCUT2D eigenvalue weighted by molar-refractivity contribution is 0.289. The van der Waals surface area contributed by atoms with Gasteiger partial charge in [-0.2, -0.15) is 0 Å². The fourth-order valence-electron chi connectivity index (χ4n) is 2.12. The van der Waals surface area contributed by atoms with Gasteiger partial charge in [0.1, 0.15) is 6.61 Å². The van der Waals surface area contributed by atoms with Gasteiger partial charge in [-0.3, -0.25) is 0 Å². The molecule has 1 heterocycles. The van der Waals surface area contributed by atoms with Crippen LogP contribution < -0.4 is 10.5 Å². The lowest BCUT2D eigenvalue weighted by atomic mass is 10.1. The summed E-state index contributed by atoms with van der Waals surface area (Å²) in [5.74, 6) is 0.670. The van der Waals surface area contributed by atoms with E-state index >= 15 is 0 Å². The third-order valence-electron chi connectivity index (χ3n) is 3.11. The summed E-state index contributed by atoms with van der Waals surface area (Å²) >= 11 is 0. The van der Waals surface area contributed by atoms with Crippen molar-refractivity contribution in [1.82, 2.24) is 4.98 Å². The van der Waals surface area contributed by atoms with Crippen LogP contribution in [0.4, 0.5) is 0 Å². The third kappa shape index (κ3) is 3.32. The Balaban J connectivity index is 2.22. The first-order valence-electron chi connectivity index (χ1n) is 6.60. The standard InChI is InChI=1S/C16H20N2O/c1-3-14-9-12(2)18-16(15(14)10-17)19-11-13-7-5-4-6-8-13/h4-9H,3,10-11,17H2,1-2H3. The van der Waals surface area contributed by atoms with Crippen molar-refractivity contribution >= 4 is 0 Å². The van der Waals surface area contributed by atoms with Crippen LogP contribution in [0, 0.1) is 6.92 Å². The summed E-state index contributed by atoms with van der Waals surface area (Å²) in [6, 6.07) is 12.2. The second-order valence-electron chi connectivity index (χ2n) is 4.54. The van der Waals surface area contributed by atoms with Gasteiger partial charge in [0.05, 0.1) is 0 Å². The van der Waals surface area contributed by atoms with Crippen molar-refractivity contribution in [2.75, 3.05) is 0 Å². The van der Waals surface area contributed by atoms with Gasteiger partial charge < -0.3 is 10.5 Å². The van der Waals surface area contributed by atoms with Gasteiger partial charge >= 0.3 is 0 Å². The monoisotopic (exact) mass is 256 g/mol. The van der Waals surface area contributed by atoms with Gasteiger partial charge in [0, 0.05) is 17.8 Å². The number of hydrogen-bond donors (Lipinski definition) is 1. The minimum Gasteiger partial charge on any atom is -0.473 e. The van der Waals surface area contributed by atoms with Gasteiger partial charge in [0.15, 0.2) is 0 Å². The van der Waals surface area contributed by atoms with Crippen LogP contribution in [0.2, 0.25) is 0 Å². The highest BCUT2D eigenvalue weighted by Crippen LogP contribution is 2.22. The van der Waals surface area contributed by atoms with Crippen molar-refractivity contribution in [2.45, 2.75) is 33.4 Å². The molecule has 0 unspecified atom stereocenters. The molecule has 0 saturated carbocycles. The normalized spacial score (nSPS) is 10.5. The highest BCUT2D eigenvalue weighted by Gasteiger charge is 2.10. The van der Waals surface area contributed by atoms with Crippen LogP contribution in [-0.2, 0) is 19.6 Å². The second-order valence-corrected chi connectivity index (χ2v) is 4.54. The maximum atomic E-state index is 5.85. The molecule has 1 aromatic carbocycles. The minimum absolute atomic E-state index is 0.459. The summed E-state index contributed by atoms with van der Waals surface area (Å²) in [5, 5.41) is 0. The Bertz CT molecular complexity index is 538. The van der Waals surface area contributed by atoms with E-state index < -0.39 is 0 Å². The number of hydrogen-bond acceptors (Lipinski definition) is 3. The molecule has 0 bridgehead atoms. The fraction of sp³-hybridized carbons (Fsp3) is 0.312. The highest BCUT2D eigenvalue weighted by atomic mass is 16.5. The van der Waals surface area contributed by atoms with E-state index in [1.54, 1.807) is 0 Å². The van der Waals surface area contributed by atoms with Crippen LogP contribution in [0.3, 0.4) is 0 Å². The van der Waals surface area contributed by atoms with Gasteiger partial charge in [-0.05, 0) is 30.5 Å². The molecular weight excluding hydrogens is 236 g/mol. The van der Waals surface area contributed by atoms with Gasteiger partial charge in [0.25, 0.3) is 0 Å². The van der Waals surface area contributed by atoms with Crippen molar-refractivity contribution in [1.29, 1.82) is 0 Å². The lowest BCUT2D eigenvalue weighted by Crippen LogP contribution is -2.08. The largest absolute Gasteiger partial charge is 0.473 e. The molecule has 2 N–H and O–H groups in total. The van der Waals surface area contributed by atoms with Gasteiger partial charge in [-0.25, -0.2) is 4.98 Å². The summed E-state index contributed by atoms with van der Waals surface area (Å²) < 4.78 is 5.85. The number of benzene rings is 1. The molecule has 0 aliphatic rings. The summed E-state index contributed by atoms with van der Waals surface area (Å²) in [6.07, 6.45) is 0.942. The molecule has 1 aromatic heterocycles. The first-order valence-corrected chi connectivity index (χ1v) is 6.60. The maximum absolute atomic E-state index is 5.85. The van der Waals surface area contributed by atoms with E-state index in [-0.39, 0.29) is 0 Å². The fourth-order valence-corrected chi connectivity index (χ4v) is 2.12. The predicted octanol–water partition coefficient (Wildman–Crippen LogP) is 2.99. The molecule has 3 nitrogen and oxygen atoms in total. The quantitative estimate of drug-likeness (QED) is 0.894. The summed E-state index contributed by atoms with van der Waals surface area (Å²) in [5.41, 5.74) is 10.2. The highest BCUT2D eigenvalue weighted by molar-refractivity contribution is 5.37. The average molecular weight is 256 g/mol. The zero-order valence-electron chi connectivity index (χ0n) is 11.5. The van der Waals surface area contributed by atoms with Crippen molar-refractivity contribution in [3.05, 3.63) is 58.8 Å². The van der Waals surface area contributed by atoms with Crippen LogP contribution >= 0.6 is 0 Å². The Kier molecular flexibility index (Phi) is 4.53. The molecule has 2 rings (SSSR count). The van der Waals surface area contributed by atoms with Crippen molar-refractivity contribution < 1.29 is 4.74 Å². The molecular formula is C16H20N2O. The second kappa shape index (κ2) is 6.34. The van der Waals surface area contributed by atoms with Crippen molar-refractivity contribution in [3.63, 3.8) is 0 Å². The molecule has 0 amide bonds. The SMILES string of the molecule is CCc1cc(C)nc(OCc2ccccc2)c1CN. The first kappa shape index (κ1) is 13.6. The molecule has 0 spiro atoms.